The zero-order valence-electron chi connectivity index (χ0n) is 15.4. The number of benzene rings is 2. The second-order valence-corrected chi connectivity index (χ2v) is 6.05. The van der Waals surface area contributed by atoms with Gasteiger partial charge >= 0.3 is 5.97 Å². The lowest BCUT2D eigenvalue weighted by molar-refractivity contribution is -0.153. The molecule has 0 unspecified atom stereocenters. The number of ether oxygens (including phenoxy) is 2. The molecule has 8 heteroatoms. The second-order valence-electron chi connectivity index (χ2n) is 6.05. The number of aromatic nitrogens is 2. The molecular formula is C20H19N3O5. The van der Waals surface area contributed by atoms with E-state index in [-0.39, 0.29) is 12.1 Å². The van der Waals surface area contributed by atoms with Gasteiger partial charge in [0, 0.05) is 11.8 Å². The molecule has 3 rings (SSSR count). The van der Waals surface area contributed by atoms with E-state index < -0.39 is 18.0 Å². The summed E-state index contributed by atoms with van der Waals surface area (Å²) in [5, 5.41) is 3.05. The highest BCUT2D eigenvalue weighted by atomic mass is 16.5. The summed E-state index contributed by atoms with van der Waals surface area (Å²) < 4.78 is 11.4. The molecule has 2 aromatic carbocycles. The van der Waals surface area contributed by atoms with Crippen molar-refractivity contribution in [1.82, 2.24) is 9.55 Å². The van der Waals surface area contributed by atoms with E-state index in [4.69, 9.17) is 9.47 Å². The molecule has 0 spiro atoms. The predicted octanol–water partition coefficient (Wildman–Crippen LogP) is 1.98. The van der Waals surface area contributed by atoms with Crippen LogP contribution in [0.3, 0.4) is 0 Å². The Kier molecular flexibility index (Phi) is 5.69. The molecule has 1 atom stereocenters. The number of hydrogen-bond acceptors (Lipinski definition) is 6. The van der Waals surface area contributed by atoms with Crippen molar-refractivity contribution >= 4 is 28.5 Å². The van der Waals surface area contributed by atoms with Gasteiger partial charge < -0.3 is 14.8 Å². The minimum Gasteiger partial charge on any atom is -0.497 e. The summed E-state index contributed by atoms with van der Waals surface area (Å²) in [6.45, 7) is 1.11. The molecule has 1 heterocycles. The van der Waals surface area contributed by atoms with Crippen LogP contribution < -0.4 is 15.6 Å². The number of hydrogen-bond donors (Lipinski definition) is 1. The molecule has 0 aliphatic heterocycles. The van der Waals surface area contributed by atoms with Gasteiger partial charge in [0.05, 0.1) is 24.3 Å². The summed E-state index contributed by atoms with van der Waals surface area (Å²) in [5.74, 6) is -0.622. The molecule has 0 saturated carbocycles. The fourth-order valence-corrected chi connectivity index (χ4v) is 2.59. The topological polar surface area (TPSA) is 99.5 Å². The van der Waals surface area contributed by atoms with Crippen molar-refractivity contribution in [3.63, 3.8) is 0 Å². The molecule has 0 aliphatic rings. The zero-order valence-corrected chi connectivity index (χ0v) is 15.4. The lowest BCUT2D eigenvalue weighted by atomic mass is 10.2. The maximum atomic E-state index is 12.4. The highest BCUT2D eigenvalue weighted by Gasteiger charge is 2.19. The highest BCUT2D eigenvalue weighted by molar-refractivity contribution is 5.95. The highest BCUT2D eigenvalue weighted by Crippen LogP contribution is 2.17. The van der Waals surface area contributed by atoms with Crippen LogP contribution in [-0.2, 0) is 20.9 Å². The third-order valence-corrected chi connectivity index (χ3v) is 4.05. The van der Waals surface area contributed by atoms with E-state index in [1.54, 1.807) is 48.5 Å². The number of esters is 1. The Morgan fingerprint density at radius 2 is 1.96 bits per heavy atom. The van der Waals surface area contributed by atoms with Gasteiger partial charge in [-0.25, -0.2) is 4.98 Å². The first kappa shape index (κ1) is 19.1. The van der Waals surface area contributed by atoms with E-state index in [0.29, 0.717) is 22.3 Å². The maximum absolute atomic E-state index is 12.4. The number of amides is 1. The largest absolute Gasteiger partial charge is 0.497 e. The number of anilines is 1. The van der Waals surface area contributed by atoms with Gasteiger partial charge in [0.25, 0.3) is 11.5 Å². The first-order valence-electron chi connectivity index (χ1n) is 8.56. The summed E-state index contributed by atoms with van der Waals surface area (Å²) in [6, 6.07) is 13.6. The zero-order chi connectivity index (χ0) is 20.1. The quantitative estimate of drug-likeness (QED) is 0.656. The lowest BCUT2D eigenvalue weighted by Gasteiger charge is -2.14. The Bertz CT molecular complexity index is 1080. The van der Waals surface area contributed by atoms with Gasteiger partial charge in [-0.05, 0) is 31.2 Å². The van der Waals surface area contributed by atoms with E-state index in [1.165, 1.54) is 20.4 Å². The minimum atomic E-state index is -1.04. The fourth-order valence-electron chi connectivity index (χ4n) is 2.59. The maximum Gasteiger partial charge on any atom is 0.326 e. The molecule has 8 nitrogen and oxygen atoms in total. The van der Waals surface area contributed by atoms with E-state index in [1.807, 2.05) is 0 Å². The summed E-state index contributed by atoms with van der Waals surface area (Å²) in [6.07, 6.45) is 0.246. The minimum absolute atomic E-state index is 0.340. The standard InChI is InChI=1S/C20H19N3O5/c1-13(19(25)22-14-6-5-7-15(10-14)27-2)28-18(24)11-23-12-21-17-9-4-3-8-16(17)20(23)26/h3-10,12-13H,11H2,1-2H3,(H,22,25)/t13-/m0/s1. The van der Waals surface area contributed by atoms with Crippen LogP contribution in [-0.4, -0.2) is 34.6 Å². The molecular weight excluding hydrogens is 362 g/mol. The molecule has 0 fully saturated rings. The van der Waals surface area contributed by atoms with E-state index in [2.05, 4.69) is 10.3 Å². The molecule has 144 valence electrons. The molecule has 0 radical (unpaired) electrons. The van der Waals surface area contributed by atoms with Crippen molar-refractivity contribution in [1.29, 1.82) is 0 Å². The third kappa shape index (κ3) is 4.35. The van der Waals surface area contributed by atoms with Crippen LogP contribution in [0.5, 0.6) is 5.75 Å². The summed E-state index contributed by atoms with van der Waals surface area (Å²) in [5.41, 5.74) is 0.710. The van der Waals surface area contributed by atoms with Crippen LogP contribution >= 0.6 is 0 Å². The van der Waals surface area contributed by atoms with Crippen molar-refractivity contribution in [2.45, 2.75) is 19.6 Å². The number of carbonyl (C=O) groups excluding carboxylic acids is 2. The monoisotopic (exact) mass is 381 g/mol. The fraction of sp³-hybridized carbons (Fsp3) is 0.200. The molecule has 1 amide bonds. The van der Waals surface area contributed by atoms with E-state index in [9.17, 15) is 14.4 Å². The predicted molar refractivity (Wildman–Crippen MR) is 103 cm³/mol. The van der Waals surface area contributed by atoms with Gasteiger partial charge in [0.2, 0.25) is 0 Å². The Balaban J connectivity index is 1.63. The van der Waals surface area contributed by atoms with Gasteiger partial charge in [-0.1, -0.05) is 18.2 Å². The van der Waals surface area contributed by atoms with Gasteiger partial charge in [0.1, 0.15) is 12.3 Å². The average Bonchev–Trinajstić information content (AvgIpc) is 2.70. The van der Waals surface area contributed by atoms with Gasteiger partial charge in [0.15, 0.2) is 6.10 Å². The number of nitrogens with one attached hydrogen (secondary N) is 1. The van der Waals surface area contributed by atoms with Crippen molar-refractivity contribution in [2.24, 2.45) is 0 Å². The molecule has 0 saturated heterocycles. The van der Waals surface area contributed by atoms with Crippen LogP contribution in [0.2, 0.25) is 0 Å². The van der Waals surface area contributed by atoms with Crippen molar-refractivity contribution in [3.05, 3.63) is 65.2 Å². The van der Waals surface area contributed by atoms with E-state index in [0.717, 1.165) is 4.57 Å². The Labute approximate surface area is 160 Å². The summed E-state index contributed by atoms with van der Waals surface area (Å²) in [4.78, 5) is 40.9. The molecule has 0 aliphatic carbocycles. The molecule has 1 aromatic heterocycles. The van der Waals surface area contributed by atoms with Gasteiger partial charge in [-0.3, -0.25) is 19.0 Å². The Morgan fingerprint density at radius 1 is 1.18 bits per heavy atom. The van der Waals surface area contributed by atoms with Crippen LogP contribution in [0.15, 0.2) is 59.7 Å². The van der Waals surface area contributed by atoms with Crippen LogP contribution in [0.1, 0.15) is 6.92 Å². The summed E-state index contributed by atoms with van der Waals surface area (Å²) >= 11 is 0. The number of carbonyl (C=O) groups is 2. The number of rotatable bonds is 6. The molecule has 28 heavy (non-hydrogen) atoms. The van der Waals surface area contributed by atoms with Gasteiger partial charge in [-0.2, -0.15) is 0 Å². The van der Waals surface area contributed by atoms with Crippen LogP contribution in [0.25, 0.3) is 10.9 Å². The molecule has 3 aromatic rings. The van der Waals surface area contributed by atoms with Crippen molar-refractivity contribution in [3.8, 4) is 5.75 Å². The third-order valence-electron chi connectivity index (χ3n) is 4.05. The van der Waals surface area contributed by atoms with E-state index >= 15 is 0 Å². The number of fused-ring (bicyclic) bond motifs is 1. The van der Waals surface area contributed by atoms with Crippen molar-refractivity contribution in [2.75, 3.05) is 12.4 Å². The lowest BCUT2D eigenvalue weighted by Crippen LogP contribution is -2.33. The van der Waals surface area contributed by atoms with Crippen LogP contribution in [0.4, 0.5) is 5.69 Å². The average molecular weight is 381 g/mol. The smallest absolute Gasteiger partial charge is 0.326 e. The van der Waals surface area contributed by atoms with Crippen LogP contribution in [0, 0.1) is 0 Å². The SMILES string of the molecule is COc1cccc(NC(=O)[C@H](C)OC(=O)Cn2cnc3ccccc3c2=O)c1. The first-order valence-corrected chi connectivity index (χ1v) is 8.56. The Morgan fingerprint density at radius 3 is 2.75 bits per heavy atom. The normalized spacial score (nSPS) is 11.6. The Hall–Kier alpha value is -3.68. The van der Waals surface area contributed by atoms with Gasteiger partial charge in [-0.15, -0.1) is 0 Å². The first-order chi connectivity index (χ1) is 13.5. The molecule has 1 N–H and O–H groups in total. The number of methoxy groups -OCH3 is 1. The molecule has 0 bridgehead atoms. The number of para-hydroxylation sites is 1. The number of nitrogens with zero attached hydrogens (tertiary/aromatic N) is 2. The van der Waals surface area contributed by atoms with Crippen molar-refractivity contribution < 1.29 is 19.1 Å². The second kappa shape index (κ2) is 8.34. The summed E-state index contributed by atoms with van der Waals surface area (Å²) in [7, 11) is 1.52.